The van der Waals surface area contributed by atoms with Gasteiger partial charge in [0.25, 0.3) is 0 Å². The maximum atomic E-state index is 4.65. The standard InChI is InChI=1S/C14H21N5/c1-7-15-13-8(2)9(3)16-14(17-13)12-10(4)18-19(6)11(12)5/h7H2,1-6H3,(H,15,16,17). The van der Waals surface area contributed by atoms with Crippen LogP contribution in [-0.4, -0.2) is 26.3 Å². The molecule has 0 unspecified atom stereocenters. The summed E-state index contributed by atoms with van der Waals surface area (Å²) in [7, 11) is 1.94. The molecular weight excluding hydrogens is 238 g/mol. The second-order valence-corrected chi connectivity index (χ2v) is 4.81. The van der Waals surface area contributed by atoms with Gasteiger partial charge in [-0.15, -0.1) is 0 Å². The van der Waals surface area contributed by atoms with Crippen molar-refractivity contribution < 1.29 is 0 Å². The van der Waals surface area contributed by atoms with Crippen molar-refractivity contribution in [3.05, 3.63) is 22.6 Å². The summed E-state index contributed by atoms with van der Waals surface area (Å²) in [4.78, 5) is 9.27. The zero-order chi connectivity index (χ0) is 14.2. The Hall–Kier alpha value is -1.91. The van der Waals surface area contributed by atoms with E-state index in [0.29, 0.717) is 0 Å². The van der Waals surface area contributed by atoms with E-state index in [1.165, 1.54) is 0 Å². The molecular formula is C14H21N5. The highest BCUT2D eigenvalue weighted by Gasteiger charge is 2.16. The number of nitrogens with zero attached hydrogens (tertiary/aromatic N) is 4. The van der Waals surface area contributed by atoms with Gasteiger partial charge in [-0.25, -0.2) is 9.97 Å². The van der Waals surface area contributed by atoms with Gasteiger partial charge in [-0.2, -0.15) is 5.10 Å². The van der Waals surface area contributed by atoms with Gasteiger partial charge in [-0.05, 0) is 34.6 Å². The molecule has 2 aromatic rings. The Balaban J connectivity index is 2.62. The number of anilines is 1. The van der Waals surface area contributed by atoms with E-state index in [1.807, 2.05) is 39.4 Å². The molecule has 0 spiro atoms. The van der Waals surface area contributed by atoms with Crippen molar-refractivity contribution in [3.8, 4) is 11.4 Å². The molecule has 0 saturated carbocycles. The van der Waals surface area contributed by atoms with E-state index in [4.69, 9.17) is 0 Å². The molecule has 2 rings (SSSR count). The lowest BCUT2D eigenvalue weighted by molar-refractivity contribution is 0.731. The summed E-state index contributed by atoms with van der Waals surface area (Å²) in [6.45, 7) is 11.0. The third-order valence-corrected chi connectivity index (χ3v) is 3.47. The van der Waals surface area contributed by atoms with Crippen molar-refractivity contribution in [2.45, 2.75) is 34.6 Å². The van der Waals surface area contributed by atoms with Crippen molar-refractivity contribution in [2.24, 2.45) is 7.05 Å². The molecule has 0 amide bonds. The number of aromatic nitrogens is 4. The lowest BCUT2D eigenvalue weighted by Crippen LogP contribution is -2.06. The molecule has 0 fully saturated rings. The summed E-state index contributed by atoms with van der Waals surface area (Å²) in [5, 5.41) is 7.73. The molecule has 5 heteroatoms. The van der Waals surface area contributed by atoms with Crippen molar-refractivity contribution in [1.82, 2.24) is 19.7 Å². The Bertz CT molecular complexity index is 613. The molecule has 0 aliphatic carbocycles. The van der Waals surface area contributed by atoms with Gasteiger partial charge in [-0.1, -0.05) is 0 Å². The SMILES string of the molecule is CCNc1nc(-c2c(C)nn(C)c2C)nc(C)c1C. The molecule has 0 atom stereocenters. The van der Waals surface area contributed by atoms with Crippen LogP contribution in [0.1, 0.15) is 29.6 Å². The molecule has 1 N–H and O–H groups in total. The van der Waals surface area contributed by atoms with Gasteiger partial charge in [0.2, 0.25) is 0 Å². The zero-order valence-corrected chi connectivity index (χ0v) is 12.5. The van der Waals surface area contributed by atoms with Crippen molar-refractivity contribution in [3.63, 3.8) is 0 Å². The van der Waals surface area contributed by atoms with Gasteiger partial charge in [-0.3, -0.25) is 4.68 Å². The smallest absolute Gasteiger partial charge is 0.165 e. The quantitative estimate of drug-likeness (QED) is 0.920. The summed E-state index contributed by atoms with van der Waals surface area (Å²) in [6, 6.07) is 0. The highest BCUT2D eigenvalue weighted by molar-refractivity contribution is 5.64. The van der Waals surface area contributed by atoms with Crippen molar-refractivity contribution in [1.29, 1.82) is 0 Å². The van der Waals surface area contributed by atoms with Crippen molar-refractivity contribution in [2.75, 3.05) is 11.9 Å². The minimum atomic E-state index is 0.752. The van der Waals surface area contributed by atoms with Crippen molar-refractivity contribution >= 4 is 5.82 Å². The zero-order valence-electron chi connectivity index (χ0n) is 12.5. The van der Waals surface area contributed by atoms with Crippen LogP contribution in [0.3, 0.4) is 0 Å². The lowest BCUT2D eigenvalue weighted by atomic mass is 10.1. The Kier molecular flexibility index (Phi) is 3.55. The topological polar surface area (TPSA) is 55.6 Å². The Morgan fingerprint density at radius 2 is 1.74 bits per heavy atom. The van der Waals surface area contributed by atoms with Crippen LogP contribution in [-0.2, 0) is 7.05 Å². The Labute approximate surface area is 114 Å². The first-order valence-corrected chi connectivity index (χ1v) is 6.55. The summed E-state index contributed by atoms with van der Waals surface area (Å²) < 4.78 is 1.87. The van der Waals surface area contributed by atoms with Gasteiger partial charge in [0.05, 0.1) is 11.3 Å². The summed E-state index contributed by atoms with van der Waals surface area (Å²) >= 11 is 0. The minimum absolute atomic E-state index is 0.752. The molecule has 0 aliphatic rings. The van der Waals surface area contributed by atoms with Gasteiger partial charge in [0.15, 0.2) is 5.82 Å². The molecule has 5 nitrogen and oxygen atoms in total. The van der Waals surface area contributed by atoms with Crippen LogP contribution in [0.4, 0.5) is 5.82 Å². The second-order valence-electron chi connectivity index (χ2n) is 4.81. The third-order valence-electron chi connectivity index (χ3n) is 3.47. The number of hydrogen-bond acceptors (Lipinski definition) is 4. The summed E-state index contributed by atoms with van der Waals surface area (Å²) in [5.41, 5.74) is 5.19. The molecule has 2 aromatic heterocycles. The predicted octanol–water partition coefficient (Wildman–Crippen LogP) is 2.54. The average molecular weight is 259 g/mol. The number of aryl methyl sites for hydroxylation is 3. The molecule has 0 aliphatic heterocycles. The van der Waals surface area contributed by atoms with E-state index in [1.54, 1.807) is 0 Å². The molecule has 0 radical (unpaired) electrons. The van der Waals surface area contributed by atoms with Gasteiger partial charge >= 0.3 is 0 Å². The fourth-order valence-electron chi connectivity index (χ4n) is 2.18. The van der Waals surface area contributed by atoms with Crippen LogP contribution in [0, 0.1) is 27.7 Å². The largest absolute Gasteiger partial charge is 0.370 e. The Morgan fingerprint density at radius 1 is 1.05 bits per heavy atom. The Morgan fingerprint density at radius 3 is 2.26 bits per heavy atom. The molecule has 0 aromatic carbocycles. The predicted molar refractivity (Wildman–Crippen MR) is 77.3 cm³/mol. The monoisotopic (exact) mass is 259 g/mol. The van der Waals surface area contributed by atoms with Gasteiger partial charge in [0.1, 0.15) is 5.82 Å². The maximum absolute atomic E-state index is 4.65. The highest BCUT2D eigenvalue weighted by Crippen LogP contribution is 2.26. The van der Waals surface area contributed by atoms with E-state index >= 15 is 0 Å². The fourth-order valence-corrected chi connectivity index (χ4v) is 2.18. The van der Waals surface area contributed by atoms with E-state index in [2.05, 4.69) is 27.3 Å². The average Bonchev–Trinajstić information content (AvgIpc) is 2.59. The normalized spacial score (nSPS) is 10.8. The summed E-state index contributed by atoms with van der Waals surface area (Å²) in [6.07, 6.45) is 0. The van der Waals surface area contributed by atoms with Crippen LogP contribution >= 0.6 is 0 Å². The molecule has 102 valence electrons. The van der Waals surface area contributed by atoms with Crippen LogP contribution in [0.15, 0.2) is 0 Å². The fraction of sp³-hybridized carbons (Fsp3) is 0.500. The van der Waals surface area contributed by atoms with Crippen LogP contribution < -0.4 is 5.32 Å². The number of rotatable bonds is 3. The minimum Gasteiger partial charge on any atom is -0.370 e. The first-order valence-electron chi connectivity index (χ1n) is 6.55. The first kappa shape index (κ1) is 13.5. The van der Waals surface area contributed by atoms with E-state index in [-0.39, 0.29) is 0 Å². The molecule has 0 saturated heterocycles. The molecule has 0 bridgehead atoms. The van der Waals surface area contributed by atoms with Gasteiger partial charge < -0.3 is 5.32 Å². The lowest BCUT2D eigenvalue weighted by Gasteiger charge is -2.11. The highest BCUT2D eigenvalue weighted by atomic mass is 15.3. The number of nitrogens with one attached hydrogen (secondary N) is 1. The van der Waals surface area contributed by atoms with Crippen LogP contribution in [0.5, 0.6) is 0 Å². The molecule has 19 heavy (non-hydrogen) atoms. The third kappa shape index (κ3) is 2.32. The molecule has 2 heterocycles. The second kappa shape index (κ2) is 4.99. The van der Waals surface area contributed by atoms with E-state index in [0.717, 1.165) is 46.4 Å². The van der Waals surface area contributed by atoms with Crippen LogP contribution in [0.25, 0.3) is 11.4 Å². The van der Waals surface area contributed by atoms with E-state index in [9.17, 15) is 0 Å². The first-order chi connectivity index (χ1) is 8.95. The van der Waals surface area contributed by atoms with E-state index < -0.39 is 0 Å². The summed E-state index contributed by atoms with van der Waals surface area (Å²) in [5.74, 6) is 1.66. The maximum Gasteiger partial charge on any atom is 0.165 e. The van der Waals surface area contributed by atoms with Crippen LogP contribution in [0.2, 0.25) is 0 Å². The number of hydrogen-bond donors (Lipinski definition) is 1. The van der Waals surface area contributed by atoms with Gasteiger partial charge in [0, 0.05) is 30.5 Å².